The molecule has 1 saturated carbocycles. The molecule has 0 saturated heterocycles. The summed E-state index contributed by atoms with van der Waals surface area (Å²) < 4.78 is 116. The molecule has 0 aliphatic heterocycles. The van der Waals surface area contributed by atoms with Crippen molar-refractivity contribution in [2.24, 2.45) is 5.41 Å². The van der Waals surface area contributed by atoms with Crippen molar-refractivity contribution >= 4 is 64.3 Å². The van der Waals surface area contributed by atoms with Crippen molar-refractivity contribution in [1.29, 1.82) is 0 Å². The third-order valence-corrected chi connectivity index (χ3v) is 7.83. The molecule has 2 aromatic carbocycles. The van der Waals surface area contributed by atoms with Crippen LogP contribution in [0.5, 0.6) is 0 Å². The average molecular weight is 650 g/mol. The molecule has 0 spiro atoms. The van der Waals surface area contributed by atoms with Crippen molar-refractivity contribution in [3.63, 3.8) is 0 Å². The molecule has 0 heterocycles. The van der Waals surface area contributed by atoms with Gasteiger partial charge in [-0.25, -0.2) is 4.39 Å². The van der Waals surface area contributed by atoms with Gasteiger partial charge in [0.05, 0.1) is 33.1 Å². The van der Waals surface area contributed by atoms with E-state index in [1.807, 2.05) is 0 Å². The Morgan fingerprint density at radius 3 is 2.13 bits per heavy atom. The number of carbonyl (C=O) groups is 2. The number of nitrogens with one attached hydrogen (secondary N) is 2. The summed E-state index contributed by atoms with van der Waals surface area (Å²) in [5.74, 6) is -8.96. The Morgan fingerprint density at radius 1 is 1.00 bits per heavy atom. The van der Waals surface area contributed by atoms with E-state index in [4.69, 9.17) is 46.4 Å². The number of halogens is 13. The zero-order valence-corrected chi connectivity index (χ0v) is 21.7. The number of hydrogen-bond acceptors (Lipinski definition) is 3. The lowest BCUT2D eigenvalue weighted by atomic mass is 10.00. The highest BCUT2D eigenvalue weighted by Gasteiger charge is 2.76. The van der Waals surface area contributed by atoms with Gasteiger partial charge in [-0.05, 0) is 29.8 Å². The summed E-state index contributed by atoms with van der Waals surface area (Å²) in [4.78, 5) is 24.3. The van der Waals surface area contributed by atoms with Crippen LogP contribution >= 0.6 is 46.4 Å². The quantitative estimate of drug-likeness (QED) is 0.176. The minimum atomic E-state index is -6.04. The maximum atomic E-state index is 13.6. The number of carbonyl (C=O) groups excluding carboxylic acids is 2. The van der Waals surface area contributed by atoms with Gasteiger partial charge in [0.25, 0.3) is 5.91 Å². The predicted octanol–water partition coefficient (Wildman–Crippen LogP) is 7.65. The van der Waals surface area contributed by atoms with Crippen LogP contribution in [0.3, 0.4) is 0 Å². The molecule has 1 aliphatic carbocycles. The Bertz CT molecular complexity index is 1300. The van der Waals surface area contributed by atoms with Crippen LogP contribution in [0.4, 0.5) is 45.2 Å². The summed E-state index contributed by atoms with van der Waals surface area (Å²) in [6, 6.07) is 4.42. The van der Waals surface area contributed by atoms with Crippen LogP contribution < -0.4 is 10.6 Å². The second-order valence-electron chi connectivity index (χ2n) is 8.51. The van der Waals surface area contributed by atoms with Gasteiger partial charge in [0.2, 0.25) is 0 Å². The molecule has 1 fully saturated rings. The molecule has 0 aromatic heterocycles. The van der Waals surface area contributed by atoms with Gasteiger partial charge in [0.15, 0.2) is 0 Å². The van der Waals surface area contributed by atoms with Crippen LogP contribution in [0.2, 0.25) is 10.0 Å². The van der Waals surface area contributed by atoms with E-state index in [0.717, 1.165) is 12.1 Å². The molecule has 2 N–H and O–H groups in total. The standard InChI is InChI=1S/C22H13Cl4F9N2O2/c23-13-3-9(1-2-14(13)27)16-18(8-38,20(16,25)26)6-36-10-4-11(15(24)12(5-10)21(30,31)32)17(39)37-7-19(28,29)22(33,34)35/h1-5,8,16,36H,6-7H2,(H,37,39). The highest BCUT2D eigenvalue weighted by molar-refractivity contribution is 6.54. The normalized spacial score (nSPS) is 20.9. The molecule has 2 unspecified atom stereocenters. The second-order valence-corrected chi connectivity index (χ2v) is 10.7. The van der Waals surface area contributed by atoms with Gasteiger partial charge in [0, 0.05) is 18.2 Å². The van der Waals surface area contributed by atoms with Crippen LogP contribution in [0, 0.1) is 11.2 Å². The highest BCUT2D eigenvalue weighted by atomic mass is 35.5. The van der Waals surface area contributed by atoms with E-state index in [2.05, 4.69) is 5.32 Å². The van der Waals surface area contributed by atoms with Crippen LogP contribution in [0.15, 0.2) is 30.3 Å². The maximum absolute atomic E-state index is 13.6. The molecular weight excluding hydrogens is 637 g/mol. The van der Waals surface area contributed by atoms with Crippen molar-refractivity contribution in [3.8, 4) is 0 Å². The lowest BCUT2D eigenvalue weighted by Crippen LogP contribution is -2.46. The molecule has 39 heavy (non-hydrogen) atoms. The summed E-state index contributed by atoms with van der Waals surface area (Å²) in [5.41, 5.74) is -4.74. The number of anilines is 1. The Morgan fingerprint density at radius 2 is 1.62 bits per heavy atom. The van der Waals surface area contributed by atoms with Gasteiger partial charge in [-0.3, -0.25) is 4.79 Å². The summed E-state index contributed by atoms with van der Waals surface area (Å²) in [6.07, 6.45) is -10.9. The minimum Gasteiger partial charge on any atom is -0.384 e. The van der Waals surface area contributed by atoms with Crippen molar-refractivity contribution in [3.05, 3.63) is 62.9 Å². The first-order valence-electron chi connectivity index (χ1n) is 10.4. The smallest absolute Gasteiger partial charge is 0.384 e. The average Bonchev–Trinajstić information content (AvgIpc) is 3.31. The van der Waals surface area contributed by atoms with E-state index < -0.39 is 80.6 Å². The molecule has 2 aromatic rings. The van der Waals surface area contributed by atoms with Crippen molar-refractivity contribution in [2.45, 2.75) is 28.5 Å². The van der Waals surface area contributed by atoms with Crippen molar-refractivity contribution < 1.29 is 49.1 Å². The van der Waals surface area contributed by atoms with E-state index >= 15 is 0 Å². The third-order valence-electron chi connectivity index (χ3n) is 6.00. The summed E-state index contributed by atoms with van der Waals surface area (Å²) >= 11 is 24.0. The predicted molar refractivity (Wildman–Crippen MR) is 125 cm³/mol. The molecule has 4 nitrogen and oxygen atoms in total. The second kappa shape index (κ2) is 10.4. The van der Waals surface area contributed by atoms with Gasteiger partial charge in [-0.15, -0.1) is 0 Å². The Hall–Kier alpha value is -2.09. The van der Waals surface area contributed by atoms with Gasteiger partial charge >= 0.3 is 18.3 Å². The zero-order chi connectivity index (χ0) is 29.8. The van der Waals surface area contributed by atoms with E-state index in [9.17, 15) is 49.1 Å². The molecule has 2 atom stereocenters. The number of hydrogen-bond donors (Lipinski definition) is 2. The fourth-order valence-corrected chi connectivity index (χ4v) is 5.28. The molecule has 1 amide bonds. The van der Waals surface area contributed by atoms with Gasteiger partial charge in [0.1, 0.15) is 16.4 Å². The molecule has 0 bridgehead atoms. The molecule has 0 radical (unpaired) electrons. The molecule has 3 rings (SSSR count). The first-order valence-corrected chi connectivity index (χ1v) is 11.9. The fraction of sp³-hybridized carbons (Fsp3) is 0.364. The van der Waals surface area contributed by atoms with E-state index in [1.165, 1.54) is 11.4 Å². The van der Waals surface area contributed by atoms with E-state index in [-0.39, 0.29) is 10.6 Å². The fourth-order valence-electron chi connectivity index (χ4n) is 3.82. The number of aldehydes is 1. The Balaban J connectivity index is 1.93. The molecule has 17 heteroatoms. The van der Waals surface area contributed by atoms with Crippen LogP contribution in [0.25, 0.3) is 0 Å². The van der Waals surface area contributed by atoms with Gasteiger partial charge in [-0.2, -0.15) is 35.1 Å². The van der Waals surface area contributed by atoms with Crippen LogP contribution in [-0.4, -0.2) is 41.7 Å². The Kier molecular flexibility index (Phi) is 8.37. The van der Waals surface area contributed by atoms with Crippen molar-refractivity contribution in [2.75, 3.05) is 18.4 Å². The number of alkyl halides is 10. The first-order chi connectivity index (χ1) is 17.7. The molecule has 214 valence electrons. The van der Waals surface area contributed by atoms with Crippen LogP contribution in [-0.2, 0) is 11.0 Å². The number of amides is 1. The minimum absolute atomic E-state index is 0.220. The zero-order valence-electron chi connectivity index (χ0n) is 18.7. The third kappa shape index (κ3) is 5.86. The van der Waals surface area contributed by atoms with E-state index in [1.54, 1.807) is 0 Å². The number of rotatable bonds is 8. The molecular formula is C22H13Cl4F9N2O2. The molecule has 1 aliphatic rings. The summed E-state index contributed by atoms with van der Waals surface area (Å²) in [7, 11) is 0. The SMILES string of the molecule is O=CC1(CNc2cc(C(=O)NCC(F)(F)C(F)(F)F)c(Cl)c(C(F)(F)F)c2)C(c2ccc(F)c(Cl)c2)C1(Cl)Cl. The lowest BCUT2D eigenvalue weighted by molar-refractivity contribution is -0.278. The largest absolute Gasteiger partial charge is 0.455 e. The topological polar surface area (TPSA) is 58.2 Å². The Labute approximate surface area is 233 Å². The van der Waals surface area contributed by atoms with Crippen LogP contribution in [0.1, 0.15) is 27.4 Å². The number of benzene rings is 2. The lowest BCUT2D eigenvalue weighted by Gasteiger charge is -2.21. The van der Waals surface area contributed by atoms with Gasteiger partial charge < -0.3 is 15.4 Å². The maximum Gasteiger partial charge on any atom is 0.455 e. The van der Waals surface area contributed by atoms with Crippen molar-refractivity contribution in [1.82, 2.24) is 5.32 Å². The highest BCUT2D eigenvalue weighted by Crippen LogP contribution is 2.73. The monoisotopic (exact) mass is 648 g/mol. The van der Waals surface area contributed by atoms with Gasteiger partial charge in [-0.1, -0.05) is 52.5 Å². The summed E-state index contributed by atoms with van der Waals surface area (Å²) in [6.45, 7) is -2.84. The first kappa shape index (κ1) is 31.4. The van der Waals surface area contributed by atoms with E-state index in [0.29, 0.717) is 18.4 Å². The summed E-state index contributed by atoms with van der Waals surface area (Å²) in [5, 5.41) is 2.05.